The number of amides is 2. The molecule has 244 valence electrons. The third-order valence-electron chi connectivity index (χ3n) is 7.03. The minimum Gasteiger partial charge on any atom is -0.444 e. The van der Waals surface area contributed by atoms with Crippen molar-refractivity contribution < 1.29 is 36.3 Å². The van der Waals surface area contributed by atoms with Gasteiger partial charge in [-0.05, 0) is 52.3 Å². The second-order valence-corrected chi connectivity index (χ2v) is 11.8. The van der Waals surface area contributed by atoms with Crippen LogP contribution >= 0.6 is 11.6 Å². The van der Waals surface area contributed by atoms with E-state index in [0.717, 1.165) is 12.1 Å². The van der Waals surface area contributed by atoms with Crippen LogP contribution in [-0.2, 0) is 28.7 Å². The Hall–Kier alpha value is -4.01. The van der Waals surface area contributed by atoms with Gasteiger partial charge in [-0.25, -0.2) is 23.5 Å². The topological polar surface area (TPSA) is 110 Å². The molecular formula is C29H32ClF5N6O4. The van der Waals surface area contributed by atoms with Gasteiger partial charge in [0.1, 0.15) is 23.5 Å². The number of hydrogen-bond donors (Lipinski definition) is 1. The fourth-order valence-electron chi connectivity index (χ4n) is 4.99. The fraction of sp³-hybridized carbons (Fsp3) is 0.483. The quantitative estimate of drug-likeness (QED) is 0.325. The molecule has 2 amide bonds. The Labute approximate surface area is 260 Å². The lowest BCUT2D eigenvalue weighted by atomic mass is 10.1. The largest absolute Gasteiger partial charge is 0.444 e. The number of aryl methyl sites for hydroxylation is 1. The highest BCUT2D eigenvalue weighted by atomic mass is 35.5. The van der Waals surface area contributed by atoms with Gasteiger partial charge in [0.2, 0.25) is 11.3 Å². The second kappa shape index (κ2) is 12.8. The number of halogens is 6. The van der Waals surface area contributed by atoms with Crippen molar-refractivity contribution in [1.82, 2.24) is 19.4 Å². The molecule has 45 heavy (non-hydrogen) atoms. The first kappa shape index (κ1) is 33.9. The van der Waals surface area contributed by atoms with Crippen molar-refractivity contribution in [2.75, 3.05) is 36.4 Å². The highest BCUT2D eigenvalue weighted by Gasteiger charge is 2.32. The van der Waals surface area contributed by atoms with Crippen LogP contribution in [0.1, 0.15) is 56.8 Å². The van der Waals surface area contributed by atoms with Gasteiger partial charge in [-0.15, -0.1) is 0 Å². The Morgan fingerprint density at radius 1 is 1.09 bits per heavy atom. The van der Waals surface area contributed by atoms with E-state index >= 15 is 0 Å². The number of carbonyl (C=O) groups excluding carboxylic acids is 2. The van der Waals surface area contributed by atoms with Gasteiger partial charge in [-0.2, -0.15) is 13.2 Å². The highest BCUT2D eigenvalue weighted by Crippen LogP contribution is 2.34. The first-order chi connectivity index (χ1) is 20.9. The summed E-state index contributed by atoms with van der Waals surface area (Å²) in [6.45, 7) is 8.55. The Bertz CT molecular complexity index is 1680. The molecular weight excluding hydrogens is 627 g/mol. The van der Waals surface area contributed by atoms with Crippen molar-refractivity contribution in [2.24, 2.45) is 0 Å². The van der Waals surface area contributed by atoms with Crippen LogP contribution in [-0.4, -0.2) is 63.2 Å². The van der Waals surface area contributed by atoms with Gasteiger partial charge in [0, 0.05) is 31.9 Å². The summed E-state index contributed by atoms with van der Waals surface area (Å²) < 4.78 is 73.7. The molecule has 0 aliphatic carbocycles. The zero-order chi connectivity index (χ0) is 33.4. The van der Waals surface area contributed by atoms with E-state index in [1.807, 2.05) is 0 Å². The summed E-state index contributed by atoms with van der Waals surface area (Å²) in [4.78, 5) is 51.1. The van der Waals surface area contributed by atoms with E-state index in [2.05, 4.69) is 15.3 Å². The predicted molar refractivity (Wildman–Crippen MR) is 158 cm³/mol. The van der Waals surface area contributed by atoms with Crippen molar-refractivity contribution in [2.45, 2.75) is 65.8 Å². The molecule has 4 rings (SSSR count). The SMILES string of the molecule is CCc1c(N2CCN(C(=O)OC(C)(C)C)CC2)c(=O)c2nc(C(F)F)c(C)nc2n1CC(=O)Nc1ccc(C(F)(F)F)cc1Cl. The summed E-state index contributed by atoms with van der Waals surface area (Å²) in [6, 6.07) is 2.46. The molecule has 0 atom stereocenters. The standard InChI is InChI=1S/C29H32ClF5N6O4/c1-6-19-23(39-9-11-40(12-10-39)27(44)45-28(3,4)5)24(43)22-26(36-15(2)21(38-22)25(31)32)41(19)14-20(42)37-18-8-7-16(13-17(18)30)29(33,34)35/h7-8,13,25H,6,9-12,14H2,1-5H3,(H,37,42). The second-order valence-electron chi connectivity index (χ2n) is 11.4. The molecule has 0 saturated carbocycles. The lowest BCUT2D eigenvalue weighted by Crippen LogP contribution is -2.51. The third kappa shape index (κ3) is 7.45. The molecule has 1 aliphatic rings. The first-order valence-electron chi connectivity index (χ1n) is 14.0. The monoisotopic (exact) mass is 658 g/mol. The molecule has 0 radical (unpaired) electrons. The number of benzene rings is 1. The fourth-order valence-corrected chi connectivity index (χ4v) is 5.21. The summed E-state index contributed by atoms with van der Waals surface area (Å²) in [5, 5.41) is 2.12. The number of alkyl halides is 5. The zero-order valence-corrected chi connectivity index (χ0v) is 25.9. The van der Waals surface area contributed by atoms with E-state index in [9.17, 15) is 36.3 Å². The number of aromatic nitrogens is 3. The van der Waals surface area contributed by atoms with Crippen LogP contribution in [0.5, 0.6) is 0 Å². The Kier molecular flexibility index (Phi) is 9.61. The molecule has 1 aromatic carbocycles. The maximum Gasteiger partial charge on any atom is 0.416 e. The van der Waals surface area contributed by atoms with Crippen molar-refractivity contribution in [3.05, 3.63) is 56.1 Å². The number of anilines is 2. The Morgan fingerprint density at radius 2 is 1.73 bits per heavy atom. The summed E-state index contributed by atoms with van der Waals surface area (Å²) >= 11 is 6.02. The van der Waals surface area contributed by atoms with Crippen molar-refractivity contribution >= 4 is 46.1 Å². The average Bonchev–Trinajstić information content (AvgIpc) is 2.93. The third-order valence-corrected chi connectivity index (χ3v) is 7.35. The van der Waals surface area contributed by atoms with Gasteiger partial charge in [-0.3, -0.25) is 9.59 Å². The molecule has 0 spiro atoms. The average molecular weight is 659 g/mol. The van der Waals surface area contributed by atoms with E-state index in [-0.39, 0.29) is 65.9 Å². The summed E-state index contributed by atoms with van der Waals surface area (Å²) in [5.74, 6) is -0.727. The van der Waals surface area contributed by atoms with Gasteiger partial charge in [0.05, 0.1) is 22.0 Å². The van der Waals surface area contributed by atoms with Gasteiger partial charge in [-0.1, -0.05) is 18.5 Å². The van der Waals surface area contributed by atoms with Gasteiger partial charge in [0.25, 0.3) is 6.43 Å². The predicted octanol–water partition coefficient (Wildman–Crippen LogP) is 5.97. The van der Waals surface area contributed by atoms with Gasteiger partial charge < -0.3 is 24.4 Å². The maximum atomic E-state index is 13.9. The summed E-state index contributed by atoms with van der Waals surface area (Å²) in [5.41, 5.74) is -3.29. The van der Waals surface area contributed by atoms with E-state index in [0.29, 0.717) is 11.8 Å². The van der Waals surface area contributed by atoms with Gasteiger partial charge in [0.15, 0.2) is 11.2 Å². The number of fused-ring (bicyclic) bond motifs is 1. The van der Waals surface area contributed by atoms with Crippen molar-refractivity contribution in [1.29, 1.82) is 0 Å². The van der Waals surface area contributed by atoms with Crippen LogP contribution in [0.25, 0.3) is 11.2 Å². The molecule has 0 bridgehead atoms. The molecule has 1 N–H and O–H groups in total. The number of nitrogens with zero attached hydrogens (tertiary/aromatic N) is 5. The first-order valence-corrected chi connectivity index (χ1v) is 14.4. The number of hydrogen-bond acceptors (Lipinski definition) is 7. The normalized spacial score (nSPS) is 14.3. The molecule has 0 unspecified atom stereocenters. The van der Waals surface area contributed by atoms with Crippen LogP contribution in [0.4, 0.5) is 38.1 Å². The molecule has 3 aromatic rings. The molecule has 2 aromatic heterocycles. The van der Waals surface area contributed by atoms with Crippen LogP contribution in [0.2, 0.25) is 5.02 Å². The van der Waals surface area contributed by atoms with Crippen molar-refractivity contribution in [3.8, 4) is 0 Å². The summed E-state index contributed by atoms with van der Waals surface area (Å²) in [7, 11) is 0. The number of rotatable bonds is 6. The number of nitrogens with one attached hydrogen (secondary N) is 1. The Morgan fingerprint density at radius 3 is 2.27 bits per heavy atom. The minimum absolute atomic E-state index is 0.0844. The van der Waals surface area contributed by atoms with Crippen molar-refractivity contribution in [3.63, 3.8) is 0 Å². The number of carbonyl (C=O) groups is 2. The van der Waals surface area contributed by atoms with Crippen LogP contribution < -0.4 is 15.6 Å². The maximum absolute atomic E-state index is 13.9. The Balaban J connectivity index is 1.75. The lowest BCUT2D eigenvalue weighted by Gasteiger charge is -2.37. The smallest absolute Gasteiger partial charge is 0.416 e. The number of piperazine rings is 1. The highest BCUT2D eigenvalue weighted by molar-refractivity contribution is 6.33. The van der Waals surface area contributed by atoms with Gasteiger partial charge >= 0.3 is 12.3 Å². The molecule has 1 aliphatic heterocycles. The van der Waals surface area contributed by atoms with Crippen LogP contribution in [0.3, 0.4) is 0 Å². The zero-order valence-electron chi connectivity index (χ0n) is 25.2. The molecule has 1 saturated heterocycles. The van der Waals surface area contributed by atoms with E-state index in [4.69, 9.17) is 16.3 Å². The van der Waals surface area contributed by atoms with E-state index in [1.165, 1.54) is 16.4 Å². The molecule has 16 heteroatoms. The number of pyridine rings is 1. The number of ether oxygens (including phenoxy) is 1. The minimum atomic E-state index is -4.64. The molecule has 3 heterocycles. The summed E-state index contributed by atoms with van der Waals surface area (Å²) in [6.07, 6.45) is -7.97. The molecule has 1 fully saturated rings. The molecule has 10 nitrogen and oxygen atoms in total. The van der Waals surface area contributed by atoms with Crippen LogP contribution in [0.15, 0.2) is 23.0 Å². The van der Waals surface area contributed by atoms with E-state index in [1.54, 1.807) is 32.6 Å². The van der Waals surface area contributed by atoms with Crippen LogP contribution in [0, 0.1) is 6.92 Å². The van der Waals surface area contributed by atoms with E-state index < -0.39 is 53.4 Å². The lowest BCUT2D eigenvalue weighted by molar-refractivity contribution is -0.137.